The highest BCUT2D eigenvalue weighted by atomic mass is 32.1. The van der Waals surface area contributed by atoms with Crippen LogP contribution in [0.1, 0.15) is 12.5 Å². The average molecular weight is 390 g/mol. The molecule has 0 N–H and O–H groups in total. The number of benzene rings is 2. The second-order valence-electron chi connectivity index (χ2n) is 6.02. The lowest BCUT2D eigenvalue weighted by molar-refractivity contribution is -0.385. The zero-order valence-corrected chi connectivity index (χ0v) is 15.6. The number of hydrogen-bond donors (Lipinski definition) is 0. The van der Waals surface area contributed by atoms with Crippen molar-refractivity contribution in [2.75, 3.05) is 5.01 Å². The van der Waals surface area contributed by atoms with Crippen molar-refractivity contribution >= 4 is 50.1 Å². The fourth-order valence-corrected chi connectivity index (χ4v) is 3.75. The van der Waals surface area contributed by atoms with Crippen LogP contribution < -0.4 is 5.01 Å². The molecule has 138 valence electrons. The van der Waals surface area contributed by atoms with Crippen LogP contribution in [0.5, 0.6) is 0 Å². The van der Waals surface area contributed by atoms with Gasteiger partial charge in [0.25, 0.3) is 11.6 Å². The molecule has 0 unspecified atom stereocenters. The molecule has 0 spiro atoms. The lowest BCUT2D eigenvalue weighted by Crippen LogP contribution is -2.21. The van der Waals surface area contributed by atoms with E-state index in [9.17, 15) is 14.9 Å². The van der Waals surface area contributed by atoms with Gasteiger partial charge < -0.3 is 0 Å². The first-order valence-electron chi connectivity index (χ1n) is 8.42. The van der Waals surface area contributed by atoms with Crippen LogP contribution in [0.4, 0.5) is 10.8 Å². The SMILES string of the molecule is CC1=NN(c2nc3ccccc3s2)C(=O)C1=CC=Cc1ccccc1[N+](=O)[O-]. The first-order valence-corrected chi connectivity index (χ1v) is 9.23. The van der Waals surface area contributed by atoms with E-state index in [2.05, 4.69) is 10.1 Å². The molecule has 1 aliphatic heterocycles. The normalized spacial score (nSPS) is 15.8. The molecule has 1 amide bonds. The zero-order chi connectivity index (χ0) is 19.7. The second-order valence-corrected chi connectivity index (χ2v) is 7.03. The summed E-state index contributed by atoms with van der Waals surface area (Å²) in [6.45, 7) is 1.75. The first-order chi connectivity index (χ1) is 13.5. The van der Waals surface area contributed by atoms with Gasteiger partial charge in [0, 0.05) is 6.07 Å². The summed E-state index contributed by atoms with van der Waals surface area (Å²) in [5.74, 6) is -0.274. The Hall–Kier alpha value is -3.65. The van der Waals surface area contributed by atoms with Gasteiger partial charge in [-0.15, -0.1) is 0 Å². The highest BCUT2D eigenvalue weighted by Gasteiger charge is 2.30. The molecule has 8 heteroatoms. The van der Waals surface area contributed by atoms with E-state index in [-0.39, 0.29) is 11.6 Å². The van der Waals surface area contributed by atoms with E-state index in [1.165, 1.54) is 22.4 Å². The number of carbonyl (C=O) groups is 1. The molecule has 3 aromatic rings. The highest BCUT2D eigenvalue weighted by molar-refractivity contribution is 7.22. The second kappa shape index (κ2) is 7.16. The van der Waals surface area contributed by atoms with E-state index in [0.717, 1.165) is 10.2 Å². The molecule has 0 saturated heterocycles. The van der Waals surface area contributed by atoms with Gasteiger partial charge in [-0.25, -0.2) is 4.98 Å². The smallest absolute Gasteiger partial charge is 0.267 e. The Labute approximate surface area is 164 Å². The van der Waals surface area contributed by atoms with Crippen LogP contribution in [-0.4, -0.2) is 21.5 Å². The third-order valence-corrected chi connectivity index (χ3v) is 5.21. The van der Waals surface area contributed by atoms with Crippen molar-refractivity contribution in [3.63, 3.8) is 0 Å². The molecule has 7 nitrogen and oxygen atoms in total. The number of para-hydroxylation sites is 2. The van der Waals surface area contributed by atoms with Crippen LogP contribution in [0.15, 0.2) is 71.4 Å². The quantitative estimate of drug-likeness (QED) is 0.371. The average Bonchev–Trinajstić information content (AvgIpc) is 3.24. The summed E-state index contributed by atoms with van der Waals surface area (Å²) in [5.41, 5.74) is 2.28. The fraction of sp³-hybridized carbons (Fsp3) is 0.0500. The van der Waals surface area contributed by atoms with Crippen LogP contribution in [0.2, 0.25) is 0 Å². The van der Waals surface area contributed by atoms with E-state index < -0.39 is 4.92 Å². The van der Waals surface area contributed by atoms with Crippen molar-refractivity contribution in [3.05, 3.63) is 81.9 Å². The molecule has 1 aromatic heterocycles. The molecule has 2 aromatic carbocycles. The van der Waals surface area contributed by atoms with Crippen molar-refractivity contribution in [2.24, 2.45) is 5.10 Å². The summed E-state index contributed by atoms with van der Waals surface area (Å²) >= 11 is 1.39. The molecule has 1 aliphatic rings. The van der Waals surface area contributed by atoms with E-state index in [0.29, 0.717) is 22.0 Å². The van der Waals surface area contributed by atoms with Crippen molar-refractivity contribution in [1.82, 2.24) is 4.98 Å². The molecule has 4 rings (SSSR count). The maximum absolute atomic E-state index is 12.8. The Morgan fingerprint density at radius 2 is 1.89 bits per heavy atom. The van der Waals surface area contributed by atoms with Gasteiger partial charge in [0.1, 0.15) is 0 Å². The summed E-state index contributed by atoms with van der Waals surface area (Å²) in [7, 11) is 0. The van der Waals surface area contributed by atoms with E-state index in [4.69, 9.17) is 0 Å². The number of allylic oxidation sites excluding steroid dienone is 2. The molecular formula is C20H14N4O3S. The number of thiazole rings is 1. The van der Waals surface area contributed by atoms with Gasteiger partial charge in [-0.1, -0.05) is 41.7 Å². The summed E-state index contributed by atoms with van der Waals surface area (Å²) in [5, 5.41) is 17.2. The predicted molar refractivity (Wildman–Crippen MR) is 110 cm³/mol. The van der Waals surface area contributed by atoms with Crippen molar-refractivity contribution in [2.45, 2.75) is 6.92 Å². The number of fused-ring (bicyclic) bond motifs is 1. The van der Waals surface area contributed by atoms with Gasteiger partial charge in [0.2, 0.25) is 5.13 Å². The minimum atomic E-state index is -0.435. The Balaban J connectivity index is 1.61. The van der Waals surface area contributed by atoms with Gasteiger partial charge in [-0.2, -0.15) is 10.1 Å². The Kier molecular flexibility index (Phi) is 4.54. The van der Waals surface area contributed by atoms with Crippen molar-refractivity contribution in [1.29, 1.82) is 0 Å². The minimum absolute atomic E-state index is 0.0105. The molecule has 0 bridgehead atoms. The number of hydrazone groups is 1. The fourth-order valence-electron chi connectivity index (χ4n) is 2.83. The maximum Gasteiger partial charge on any atom is 0.282 e. The molecule has 2 heterocycles. The molecule has 0 fully saturated rings. The largest absolute Gasteiger partial charge is 0.282 e. The Morgan fingerprint density at radius 3 is 2.68 bits per heavy atom. The van der Waals surface area contributed by atoms with Crippen molar-refractivity contribution in [3.8, 4) is 0 Å². The number of aromatic nitrogens is 1. The van der Waals surface area contributed by atoms with Gasteiger partial charge >= 0.3 is 0 Å². The van der Waals surface area contributed by atoms with E-state index >= 15 is 0 Å². The summed E-state index contributed by atoms with van der Waals surface area (Å²) in [6, 6.07) is 14.1. The number of rotatable bonds is 4. The molecule has 0 atom stereocenters. The first kappa shape index (κ1) is 17.7. The molecule has 0 aliphatic carbocycles. The number of nitrogens with zero attached hydrogens (tertiary/aromatic N) is 4. The summed E-state index contributed by atoms with van der Waals surface area (Å²) < 4.78 is 0.979. The number of nitro benzene ring substituents is 1. The molecule has 0 saturated carbocycles. The topological polar surface area (TPSA) is 88.7 Å². The van der Waals surface area contributed by atoms with Gasteiger partial charge in [-0.05, 0) is 37.3 Å². The monoisotopic (exact) mass is 390 g/mol. The highest BCUT2D eigenvalue weighted by Crippen LogP contribution is 2.32. The van der Waals surface area contributed by atoms with Crippen LogP contribution in [0, 0.1) is 10.1 Å². The summed E-state index contributed by atoms with van der Waals surface area (Å²) in [6.07, 6.45) is 4.84. The molecule has 28 heavy (non-hydrogen) atoms. The standard InChI is InChI=1S/C20H14N4O3S/c1-13-15(9-6-8-14-7-2-4-11-17(14)24(26)27)19(25)23(22-13)20-21-16-10-3-5-12-18(16)28-20/h2-12H,1H3. The minimum Gasteiger partial charge on any atom is -0.267 e. The zero-order valence-electron chi connectivity index (χ0n) is 14.8. The lowest BCUT2D eigenvalue weighted by Gasteiger charge is -2.05. The van der Waals surface area contributed by atoms with E-state index in [1.54, 1.807) is 43.4 Å². The number of nitro groups is 1. The number of anilines is 1. The van der Waals surface area contributed by atoms with Crippen LogP contribution in [-0.2, 0) is 4.79 Å². The number of hydrogen-bond acceptors (Lipinski definition) is 6. The Bertz CT molecular complexity index is 1160. The number of amides is 1. The summed E-state index contributed by atoms with van der Waals surface area (Å²) in [4.78, 5) is 27.9. The third kappa shape index (κ3) is 3.21. The van der Waals surface area contributed by atoms with Gasteiger partial charge in [-0.3, -0.25) is 14.9 Å². The molecule has 0 radical (unpaired) electrons. The number of carbonyl (C=O) groups excluding carboxylic acids is 1. The van der Waals surface area contributed by atoms with Crippen LogP contribution in [0.25, 0.3) is 16.3 Å². The van der Waals surface area contributed by atoms with E-state index in [1.807, 2.05) is 24.3 Å². The van der Waals surface area contributed by atoms with Gasteiger partial charge in [0.15, 0.2) is 0 Å². The van der Waals surface area contributed by atoms with Crippen LogP contribution in [0.3, 0.4) is 0 Å². The lowest BCUT2D eigenvalue weighted by atomic mass is 10.1. The third-order valence-electron chi connectivity index (χ3n) is 4.20. The predicted octanol–water partition coefficient (Wildman–Crippen LogP) is 4.57. The maximum atomic E-state index is 12.8. The van der Waals surface area contributed by atoms with Crippen LogP contribution >= 0.6 is 11.3 Å². The Morgan fingerprint density at radius 1 is 1.14 bits per heavy atom. The van der Waals surface area contributed by atoms with Crippen molar-refractivity contribution < 1.29 is 9.72 Å². The molecular weight excluding hydrogens is 376 g/mol. The van der Waals surface area contributed by atoms with Gasteiger partial charge in [0.05, 0.1) is 32.0 Å².